The third kappa shape index (κ3) is 5.71. The van der Waals surface area contributed by atoms with Gasteiger partial charge in [0, 0.05) is 26.1 Å². The van der Waals surface area contributed by atoms with E-state index < -0.39 is 0 Å². The molecule has 1 unspecified atom stereocenters. The van der Waals surface area contributed by atoms with Gasteiger partial charge in [0.05, 0.1) is 19.3 Å². The topological polar surface area (TPSA) is 79.3 Å². The third-order valence-corrected chi connectivity index (χ3v) is 2.74. The number of methoxy groups -OCH3 is 1. The minimum absolute atomic E-state index is 0.00131. The number of aliphatic hydroxyl groups is 1. The Hall–Kier alpha value is -1.40. The van der Waals surface area contributed by atoms with Crippen LogP contribution < -0.4 is 10.6 Å². The van der Waals surface area contributed by atoms with Crippen molar-refractivity contribution >= 4 is 11.6 Å². The second-order valence-electron chi connectivity index (χ2n) is 4.71. The van der Waals surface area contributed by atoms with Gasteiger partial charge in [0.1, 0.15) is 17.5 Å². The number of nitrogens with zero attached hydrogens (tertiary/aromatic N) is 2. The molecule has 0 spiro atoms. The second-order valence-corrected chi connectivity index (χ2v) is 4.71. The molecule has 0 radical (unpaired) electrons. The van der Waals surface area contributed by atoms with Crippen molar-refractivity contribution in [3.63, 3.8) is 0 Å². The van der Waals surface area contributed by atoms with Crippen molar-refractivity contribution in [3.8, 4) is 0 Å². The molecule has 1 aromatic heterocycles. The van der Waals surface area contributed by atoms with Gasteiger partial charge >= 0.3 is 0 Å². The Bertz CT molecular complexity index is 387. The zero-order chi connectivity index (χ0) is 14.8. The Morgan fingerprint density at radius 1 is 1.25 bits per heavy atom. The lowest BCUT2D eigenvalue weighted by Gasteiger charge is -2.17. The van der Waals surface area contributed by atoms with Crippen molar-refractivity contribution in [1.29, 1.82) is 0 Å². The first kappa shape index (κ1) is 16.7. The van der Waals surface area contributed by atoms with Gasteiger partial charge in [0.2, 0.25) is 0 Å². The van der Waals surface area contributed by atoms with Crippen LogP contribution in [0, 0.1) is 0 Å². The van der Waals surface area contributed by atoms with E-state index in [9.17, 15) is 5.11 Å². The number of rotatable bonds is 10. The maximum Gasteiger partial charge on any atom is 0.133 e. The average molecular weight is 282 g/mol. The van der Waals surface area contributed by atoms with E-state index >= 15 is 0 Å². The zero-order valence-corrected chi connectivity index (χ0v) is 12.6. The van der Waals surface area contributed by atoms with Gasteiger partial charge in [-0.2, -0.15) is 0 Å². The highest BCUT2D eigenvalue weighted by Gasteiger charge is 2.10. The summed E-state index contributed by atoms with van der Waals surface area (Å²) in [6.07, 6.45) is 2.88. The smallest absolute Gasteiger partial charge is 0.133 e. The second kappa shape index (κ2) is 9.50. The molecule has 0 bridgehead atoms. The van der Waals surface area contributed by atoms with E-state index in [1.54, 1.807) is 7.11 Å². The number of nitrogens with one attached hydrogen (secondary N) is 2. The van der Waals surface area contributed by atoms with Crippen molar-refractivity contribution in [1.82, 2.24) is 9.97 Å². The number of hydrogen-bond acceptors (Lipinski definition) is 6. The number of anilines is 2. The summed E-state index contributed by atoms with van der Waals surface area (Å²) in [5.74, 6) is 2.35. The molecule has 0 saturated heterocycles. The van der Waals surface area contributed by atoms with Crippen molar-refractivity contribution in [3.05, 3.63) is 11.9 Å². The Labute approximate surface area is 121 Å². The predicted octanol–water partition coefficient (Wildman–Crippen LogP) is 1.67. The van der Waals surface area contributed by atoms with Gasteiger partial charge in [-0.15, -0.1) is 0 Å². The van der Waals surface area contributed by atoms with Gasteiger partial charge < -0.3 is 20.5 Å². The molecule has 1 heterocycles. The lowest BCUT2D eigenvalue weighted by molar-refractivity contribution is 0.153. The Kier molecular flexibility index (Phi) is 7.91. The van der Waals surface area contributed by atoms with Gasteiger partial charge in [0.15, 0.2) is 0 Å². The summed E-state index contributed by atoms with van der Waals surface area (Å²) in [4.78, 5) is 8.96. The summed E-state index contributed by atoms with van der Waals surface area (Å²) in [6, 6.07) is 1.70. The predicted molar refractivity (Wildman–Crippen MR) is 81.2 cm³/mol. The first-order valence-corrected chi connectivity index (χ1v) is 7.21. The fourth-order valence-corrected chi connectivity index (χ4v) is 1.80. The summed E-state index contributed by atoms with van der Waals surface area (Å²) < 4.78 is 5.06. The Morgan fingerprint density at radius 3 is 2.60 bits per heavy atom. The fourth-order valence-electron chi connectivity index (χ4n) is 1.80. The normalized spacial score (nSPS) is 12.2. The summed E-state index contributed by atoms with van der Waals surface area (Å²) in [7, 11) is 1.61. The molecule has 20 heavy (non-hydrogen) atoms. The molecular formula is C14H26N4O2. The minimum Gasteiger partial charge on any atom is -0.394 e. The molecule has 0 saturated carbocycles. The maximum absolute atomic E-state index is 9.30. The van der Waals surface area contributed by atoms with Crippen molar-refractivity contribution in [2.24, 2.45) is 0 Å². The van der Waals surface area contributed by atoms with Crippen LogP contribution >= 0.6 is 0 Å². The minimum atomic E-state index is -0.164. The molecule has 0 aliphatic rings. The van der Waals surface area contributed by atoms with Gasteiger partial charge in [-0.25, -0.2) is 9.97 Å². The zero-order valence-electron chi connectivity index (χ0n) is 12.6. The van der Waals surface area contributed by atoms with Crippen LogP contribution in [-0.4, -0.2) is 48.0 Å². The lowest BCUT2D eigenvalue weighted by atomic mass is 10.3. The fraction of sp³-hybridized carbons (Fsp3) is 0.714. The molecule has 0 aliphatic carbocycles. The van der Waals surface area contributed by atoms with E-state index in [1.165, 1.54) is 0 Å². The first-order chi connectivity index (χ1) is 9.73. The van der Waals surface area contributed by atoms with Crippen LogP contribution in [0.25, 0.3) is 0 Å². The molecule has 1 atom stereocenters. The van der Waals surface area contributed by atoms with E-state index in [0.717, 1.165) is 43.3 Å². The van der Waals surface area contributed by atoms with Gasteiger partial charge in [-0.05, 0) is 12.8 Å². The Balaban J connectivity index is 2.83. The summed E-state index contributed by atoms with van der Waals surface area (Å²) in [5.41, 5.74) is 0. The van der Waals surface area contributed by atoms with Crippen LogP contribution in [0.15, 0.2) is 6.07 Å². The number of aliphatic hydroxyl groups excluding tert-OH is 1. The van der Waals surface area contributed by atoms with Crippen molar-refractivity contribution in [2.75, 3.05) is 37.5 Å². The van der Waals surface area contributed by atoms with Crippen LogP contribution in [0.3, 0.4) is 0 Å². The molecule has 114 valence electrons. The standard InChI is InChI=1S/C14H26N4O2/c1-4-6-12-17-13(15-7-5-2)8-14(18-12)16-11(9-19)10-20-3/h8,11,19H,4-7,9-10H2,1-3H3,(H2,15,16,17,18). The van der Waals surface area contributed by atoms with Crippen LogP contribution in [0.4, 0.5) is 11.6 Å². The first-order valence-electron chi connectivity index (χ1n) is 7.21. The molecule has 1 aromatic rings. The lowest BCUT2D eigenvalue weighted by Crippen LogP contribution is -2.29. The molecule has 6 heteroatoms. The number of aryl methyl sites for hydroxylation is 1. The van der Waals surface area contributed by atoms with E-state index in [2.05, 4.69) is 34.4 Å². The summed E-state index contributed by atoms with van der Waals surface area (Å²) >= 11 is 0. The van der Waals surface area contributed by atoms with Crippen LogP contribution in [0.1, 0.15) is 32.5 Å². The van der Waals surface area contributed by atoms with Gasteiger partial charge in [-0.1, -0.05) is 13.8 Å². The SMILES string of the molecule is CCCNc1cc(NC(CO)COC)nc(CCC)n1. The largest absolute Gasteiger partial charge is 0.394 e. The van der Waals surface area contributed by atoms with E-state index in [1.807, 2.05) is 6.07 Å². The quantitative estimate of drug-likeness (QED) is 0.606. The van der Waals surface area contributed by atoms with Gasteiger partial charge in [-0.3, -0.25) is 0 Å². The van der Waals surface area contributed by atoms with Crippen LogP contribution in [0.5, 0.6) is 0 Å². The van der Waals surface area contributed by atoms with Gasteiger partial charge in [0.25, 0.3) is 0 Å². The van der Waals surface area contributed by atoms with E-state index in [-0.39, 0.29) is 12.6 Å². The maximum atomic E-state index is 9.30. The number of ether oxygens (including phenoxy) is 1. The molecular weight excluding hydrogens is 256 g/mol. The molecule has 0 amide bonds. The van der Waals surface area contributed by atoms with Crippen molar-refractivity contribution < 1.29 is 9.84 Å². The molecule has 0 fully saturated rings. The molecule has 1 rings (SSSR count). The highest BCUT2D eigenvalue weighted by Crippen LogP contribution is 2.13. The van der Waals surface area contributed by atoms with E-state index in [0.29, 0.717) is 6.61 Å². The van der Waals surface area contributed by atoms with Crippen LogP contribution in [-0.2, 0) is 11.2 Å². The molecule has 0 aromatic carbocycles. The van der Waals surface area contributed by atoms with E-state index in [4.69, 9.17) is 4.74 Å². The molecule has 0 aliphatic heterocycles. The van der Waals surface area contributed by atoms with Crippen molar-refractivity contribution in [2.45, 2.75) is 39.2 Å². The number of hydrogen-bond donors (Lipinski definition) is 3. The molecule has 3 N–H and O–H groups in total. The van der Waals surface area contributed by atoms with Crippen LogP contribution in [0.2, 0.25) is 0 Å². The molecule has 6 nitrogen and oxygen atoms in total. The third-order valence-electron chi connectivity index (χ3n) is 2.74. The Morgan fingerprint density at radius 2 is 2.00 bits per heavy atom. The monoisotopic (exact) mass is 282 g/mol. The summed E-state index contributed by atoms with van der Waals surface area (Å²) in [5, 5.41) is 15.8. The highest BCUT2D eigenvalue weighted by atomic mass is 16.5. The summed E-state index contributed by atoms with van der Waals surface area (Å²) in [6.45, 7) is 5.52. The number of aromatic nitrogens is 2. The highest BCUT2D eigenvalue weighted by molar-refractivity contribution is 5.48. The average Bonchev–Trinajstić information content (AvgIpc) is 2.45.